The van der Waals surface area contributed by atoms with E-state index in [-0.39, 0.29) is 23.4 Å². The van der Waals surface area contributed by atoms with Crippen molar-refractivity contribution in [2.45, 2.75) is 13.5 Å². The van der Waals surface area contributed by atoms with Gasteiger partial charge in [0.05, 0.1) is 24.1 Å². The van der Waals surface area contributed by atoms with Crippen LogP contribution in [0.5, 0.6) is 0 Å². The number of aryl methyl sites for hydroxylation is 1. The van der Waals surface area contributed by atoms with Crippen molar-refractivity contribution in [2.75, 3.05) is 14.2 Å². The highest BCUT2D eigenvalue weighted by Gasteiger charge is 2.21. The second-order valence-corrected chi connectivity index (χ2v) is 5.19. The molecule has 0 aliphatic heterocycles. The molecule has 0 spiro atoms. The standard InChI is InChI=1S/C16H16N2O6/c1-10-4-5-14(24-10)9-17(2)15(19)11-6-12(16(20)23-3)8-13(7-11)18(21)22/h4-8H,9H2,1-3H3. The summed E-state index contributed by atoms with van der Waals surface area (Å²) in [6.07, 6.45) is 0. The van der Waals surface area contributed by atoms with Crippen LogP contribution in [0.3, 0.4) is 0 Å². The first-order valence-corrected chi connectivity index (χ1v) is 7.00. The van der Waals surface area contributed by atoms with Crippen LogP contribution in [0.15, 0.2) is 34.7 Å². The van der Waals surface area contributed by atoms with Crippen LogP contribution in [0.2, 0.25) is 0 Å². The minimum absolute atomic E-state index is 0.0235. The van der Waals surface area contributed by atoms with Crippen molar-refractivity contribution in [1.29, 1.82) is 0 Å². The Hall–Kier alpha value is -3.16. The van der Waals surface area contributed by atoms with Crippen LogP contribution in [0.1, 0.15) is 32.2 Å². The van der Waals surface area contributed by atoms with Gasteiger partial charge in [-0.3, -0.25) is 14.9 Å². The Morgan fingerprint density at radius 1 is 1.25 bits per heavy atom. The van der Waals surface area contributed by atoms with Crippen LogP contribution in [0.4, 0.5) is 5.69 Å². The first kappa shape index (κ1) is 17.2. The lowest BCUT2D eigenvalue weighted by Crippen LogP contribution is -2.26. The molecule has 0 saturated carbocycles. The van der Waals surface area contributed by atoms with E-state index in [1.807, 2.05) is 0 Å². The van der Waals surface area contributed by atoms with Crippen LogP contribution >= 0.6 is 0 Å². The summed E-state index contributed by atoms with van der Waals surface area (Å²) in [5.41, 5.74) is -0.392. The van der Waals surface area contributed by atoms with Crippen molar-refractivity contribution in [3.8, 4) is 0 Å². The van der Waals surface area contributed by atoms with Crippen molar-refractivity contribution < 1.29 is 23.7 Å². The monoisotopic (exact) mass is 332 g/mol. The van der Waals surface area contributed by atoms with Gasteiger partial charge in [-0.05, 0) is 25.1 Å². The Labute approximate surface area is 137 Å². The summed E-state index contributed by atoms with van der Waals surface area (Å²) in [4.78, 5) is 35.8. The summed E-state index contributed by atoms with van der Waals surface area (Å²) < 4.78 is 9.97. The van der Waals surface area contributed by atoms with Gasteiger partial charge < -0.3 is 14.1 Å². The summed E-state index contributed by atoms with van der Waals surface area (Å²) in [6.45, 7) is 1.98. The Bertz CT molecular complexity index is 796. The Kier molecular flexibility index (Phi) is 4.98. The van der Waals surface area contributed by atoms with Crippen molar-refractivity contribution in [3.63, 3.8) is 0 Å². The van der Waals surface area contributed by atoms with Crippen LogP contribution in [0.25, 0.3) is 0 Å². The molecule has 0 aliphatic rings. The molecule has 2 rings (SSSR count). The lowest BCUT2D eigenvalue weighted by Gasteiger charge is -2.16. The van der Waals surface area contributed by atoms with Gasteiger partial charge >= 0.3 is 5.97 Å². The normalized spacial score (nSPS) is 10.3. The molecule has 0 bridgehead atoms. The molecule has 0 aliphatic carbocycles. The summed E-state index contributed by atoms with van der Waals surface area (Å²) in [5, 5.41) is 11.0. The number of nitrogens with zero attached hydrogens (tertiary/aromatic N) is 2. The quantitative estimate of drug-likeness (QED) is 0.473. The third-order valence-electron chi connectivity index (χ3n) is 3.33. The SMILES string of the molecule is COC(=O)c1cc(C(=O)N(C)Cc2ccc(C)o2)cc([N+](=O)[O-])c1. The largest absolute Gasteiger partial charge is 0.465 e. The first-order chi connectivity index (χ1) is 11.3. The number of nitro groups is 1. The maximum Gasteiger partial charge on any atom is 0.338 e. The molecule has 126 valence electrons. The molecule has 24 heavy (non-hydrogen) atoms. The predicted octanol–water partition coefficient (Wildman–Crippen LogP) is 2.56. The maximum atomic E-state index is 12.5. The smallest absolute Gasteiger partial charge is 0.338 e. The van der Waals surface area contributed by atoms with E-state index in [9.17, 15) is 19.7 Å². The maximum absolute atomic E-state index is 12.5. The molecule has 0 N–H and O–H groups in total. The highest BCUT2D eigenvalue weighted by molar-refractivity contribution is 5.98. The highest BCUT2D eigenvalue weighted by atomic mass is 16.6. The number of rotatable bonds is 5. The summed E-state index contributed by atoms with van der Waals surface area (Å²) in [5.74, 6) is 0.0751. The van der Waals surface area contributed by atoms with Crippen molar-refractivity contribution >= 4 is 17.6 Å². The molecule has 1 aromatic heterocycles. The zero-order valence-corrected chi connectivity index (χ0v) is 13.4. The number of furan rings is 1. The van der Waals surface area contributed by atoms with E-state index in [1.165, 1.54) is 18.0 Å². The zero-order chi connectivity index (χ0) is 17.9. The number of benzene rings is 1. The summed E-state index contributed by atoms with van der Waals surface area (Å²) in [6, 6.07) is 6.98. The zero-order valence-electron chi connectivity index (χ0n) is 13.4. The molecule has 0 atom stereocenters. The minimum Gasteiger partial charge on any atom is -0.465 e. The number of esters is 1. The van der Waals surface area contributed by atoms with Crippen molar-refractivity contribution in [2.24, 2.45) is 0 Å². The molecular formula is C16H16N2O6. The molecule has 1 heterocycles. The number of carbonyl (C=O) groups excluding carboxylic acids is 2. The Balaban J connectivity index is 2.31. The highest BCUT2D eigenvalue weighted by Crippen LogP contribution is 2.20. The van der Waals surface area contributed by atoms with Crippen LogP contribution < -0.4 is 0 Å². The van der Waals surface area contributed by atoms with Gasteiger partial charge in [-0.25, -0.2) is 4.79 Å². The molecule has 0 unspecified atom stereocenters. The average Bonchev–Trinajstić information content (AvgIpc) is 2.97. The van der Waals surface area contributed by atoms with E-state index in [4.69, 9.17) is 4.42 Å². The molecule has 8 heteroatoms. The van der Waals surface area contributed by atoms with E-state index < -0.39 is 16.8 Å². The molecule has 1 amide bonds. The van der Waals surface area contributed by atoms with Gasteiger partial charge in [-0.15, -0.1) is 0 Å². The summed E-state index contributed by atoms with van der Waals surface area (Å²) in [7, 11) is 2.70. The minimum atomic E-state index is -0.753. The number of amides is 1. The third-order valence-corrected chi connectivity index (χ3v) is 3.33. The van der Waals surface area contributed by atoms with Gasteiger partial charge in [0.15, 0.2) is 0 Å². The summed E-state index contributed by atoms with van der Waals surface area (Å²) >= 11 is 0. The van der Waals surface area contributed by atoms with Crippen LogP contribution in [-0.2, 0) is 11.3 Å². The van der Waals surface area contributed by atoms with Crippen molar-refractivity contribution in [1.82, 2.24) is 4.90 Å². The van der Waals surface area contributed by atoms with E-state index in [2.05, 4.69) is 4.74 Å². The van der Waals surface area contributed by atoms with E-state index >= 15 is 0 Å². The van der Waals surface area contributed by atoms with E-state index in [0.29, 0.717) is 11.5 Å². The first-order valence-electron chi connectivity index (χ1n) is 7.00. The van der Waals surface area contributed by atoms with E-state index in [0.717, 1.165) is 19.2 Å². The number of ether oxygens (including phenoxy) is 1. The third kappa shape index (κ3) is 3.78. The van der Waals surface area contributed by atoms with Gasteiger partial charge in [0.1, 0.15) is 11.5 Å². The van der Waals surface area contributed by atoms with Gasteiger partial charge in [-0.2, -0.15) is 0 Å². The topological polar surface area (TPSA) is 103 Å². The number of hydrogen-bond acceptors (Lipinski definition) is 6. The van der Waals surface area contributed by atoms with Gasteiger partial charge in [-0.1, -0.05) is 0 Å². The van der Waals surface area contributed by atoms with E-state index in [1.54, 1.807) is 19.1 Å². The molecule has 0 fully saturated rings. The molecular weight excluding hydrogens is 316 g/mol. The van der Waals surface area contributed by atoms with Gasteiger partial charge in [0, 0.05) is 24.7 Å². The second-order valence-electron chi connectivity index (χ2n) is 5.19. The number of hydrogen-bond donors (Lipinski definition) is 0. The van der Waals surface area contributed by atoms with Crippen LogP contribution in [-0.4, -0.2) is 35.9 Å². The Morgan fingerprint density at radius 2 is 1.92 bits per heavy atom. The fourth-order valence-electron chi connectivity index (χ4n) is 2.17. The van der Waals surface area contributed by atoms with Crippen LogP contribution in [0, 0.1) is 17.0 Å². The number of methoxy groups -OCH3 is 1. The lowest BCUT2D eigenvalue weighted by molar-refractivity contribution is -0.384. The molecule has 0 radical (unpaired) electrons. The molecule has 0 saturated heterocycles. The van der Waals surface area contributed by atoms with Gasteiger partial charge in [0.2, 0.25) is 0 Å². The second kappa shape index (κ2) is 6.95. The average molecular weight is 332 g/mol. The molecule has 8 nitrogen and oxygen atoms in total. The number of nitro benzene ring substituents is 1. The van der Waals surface area contributed by atoms with Gasteiger partial charge in [0.25, 0.3) is 11.6 Å². The molecule has 2 aromatic rings. The van der Waals surface area contributed by atoms with Crippen molar-refractivity contribution in [3.05, 3.63) is 63.1 Å². The molecule has 1 aromatic carbocycles. The number of carbonyl (C=O) groups is 2. The fourth-order valence-corrected chi connectivity index (χ4v) is 2.17. The fraction of sp³-hybridized carbons (Fsp3) is 0.250. The number of non-ortho nitro benzene ring substituents is 1. The Morgan fingerprint density at radius 3 is 2.46 bits per heavy atom. The predicted molar refractivity (Wildman–Crippen MR) is 83.7 cm³/mol. The lowest BCUT2D eigenvalue weighted by atomic mass is 10.1.